The van der Waals surface area contributed by atoms with Gasteiger partial charge in [0.25, 0.3) is 0 Å². The fraction of sp³-hybridized carbons (Fsp3) is 0.100. The van der Waals surface area contributed by atoms with Gasteiger partial charge in [0.1, 0.15) is 0 Å². The number of aromatic nitrogens is 3. The molecule has 0 fully saturated rings. The van der Waals surface area contributed by atoms with Crippen LogP contribution in [0, 0.1) is 6.92 Å². The molecule has 76 valence electrons. The number of hydrogen-bond donors (Lipinski definition) is 2. The highest BCUT2D eigenvalue weighted by atomic mass is 16.4. The summed E-state index contributed by atoms with van der Waals surface area (Å²) in [7, 11) is 0. The highest BCUT2D eigenvalue weighted by Gasteiger charge is 2.10. The van der Waals surface area contributed by atoms with Gasteiger partial charge in [0.15, 0.2) is 5.82 Å². The molecule has 2 rings (SSSR count). The van der Waals surface area contributed by atoms with E-state index in [1.807, 2.05) is 12.1 Å². The Hall–Kier alpha value is -2.17. The summed E-state index contributed by atoms with van der Waals surface area (Å²) in [5.74, 6) is -0.506. The molecular formula is C10H9N3O2. The van der Waals surface area contributed by atoms with Crippen molar-refractivity contribution < 1.29 is 9.90 Å². The van der Waals surface area contributed by atoms with E-state index in [0.717, 1.165) is 5.69 Å². The summed E-state index contributed by atoms with van der Waals surface area (Å²) in [4.78, 5) is 21.8. The van der Waals surface area contributed by atoms with Gasteiger partial charge in [0.2, 0.25) is 0 Å². The van der Waals surface area contributed by atoms with Crippen LogP contribution in [0.25, 0.3) is 11.5 Å². The van der Waals surface area contributed by atoms with E-state index in [4.69, 9.17) is 5.11 Å². The molecule has 2 heterocycles. The maximum absolute atomic E-state index is 10.7. The van der Waals surface area contributed by atoms with Crippen LogP contribution < -0.4 is 0 Å². The summed E-state index contributed by atoms with van der Waals surface area (Å²) in [6, 6.07) is 3.66. The van der Waals surface area contributed by atoms with E-state index >= 15 is 0 Å². The maximum Gasteiger partial charge on any atom is 0.339 e. The van der Waals surface area contributed by atoms with Crippen LogP contribution in [0.2, 0.25) is 0 Å². The average Bonchev–Trinajstić information content (AvgIpc) is 2.69. The van der Waals surface area contributed by atoms with Gasteiger partial charge in [-0.1, -0.05) is 0 Å². The van der Waals surface area contributed by atoms with E-state index in [-0.39, 0.29) is 5.56 Å². The molecule has 0 aliphatic heterocycles. The van der Waals surface area contributed by atoms with E-state index in [0.29, 0.717) is 11.5 Å². The Kier molecular flexibility index (Phi) is 2.21. The van der Waals surface area contributed by atoms with Gasteiger partial charge in [-0.25, -0.2) is 14.8 Å². The lowest BCUT2D eigenvalue weighted by Crippen LogP contribution is -2.04. The Morgan fingerprint density at radius 1 is 1.53 bits per heavy atom. The fourth-order valence-corrected chi connectivity index (χ4v) is 1.28. The number of aromatic carboxylic acids is 1. The van der Waals surface area contributed by atoms with Crippen LogP contribution >= 0.6 is 0 Å². The molecule has 15 heavy (non-hydrogen) atoms. The van der Waals surface area contributed by atoms with Crippen LogP contribution in [0.4, 0.5) is 0 Å². The molecule has 0 atom stereocenters. The predicted octanol–water partition coefficient (Wildman–Crippen LogP) is 1.48. The first kappa shape index (κ1) is 9.39. The third-order valence-electron chi connectivity index (χ3n) is 2.05. The molecule has 5 heteroatoms. The van der Waals surface area contributed by atoms with Crippen molar-refractivity contribution in [1.82, 2.24) is 15.0 Å². The number of aromatic amines is 1. The number of nitrogens with zero attached hydrogens (tertiary/aromatic N) is 2. The topological polar surface area (TPSA) is 78.9 Å². The lowest BCUT2D eigenvalue weighted by atomic mass is 10.2. The first-order valence-electron chi connectivity index (χ1n) is 4.39. The van der Waals surface area contributed by atoms with E-state index in [1.165, 1.54) is 6.20 Å². The van der Waals surface area contributed by atoms with Gasteiger partial charge in [-0.2, -0.15) is 0 Å². The Morgan fingerprint density at radius 3 is 2.87 bits per heavy atom. The van der Waals surface area contributed by atoms with Gasteiger partial charge in [-0.15, -0.1) is 0 Å². The standard InChI is InChI=1S/C10H9N3O2/c1-6-7(10(14)15)5-12-9(13-6)8-3-2-4-11-8/h2-5,11H,1H3,(H,14,15). The fourth-order valence-electron chi connectivity index (χ4n) is 1.28. The summed E-state index contributed by atoms with van der Waals surface area (Å²) >= 11 is 0. The zero-order valence-corrected chi connectivity index (χ0v) is 8.06. The largest absolute Gasteiger partial charge is 0.478 e. The van der Waals surface area contributed by atoms with Crippen molar-refractivity contribution in [2.24, 2.45) is 0 Å². The SMILES string of the molecule is Cc1nc(-c2ccc[nH]2)ncc1C(=O)O. The molecule has 0 saturated carbocycles. The van der Waals surface area contributed by atoms with Crippen molar-refractivity contribution in [3.63, 3.8) is 0 Å². The zero-order valence-electron chi connectivity index (χ0n) is 8.06. The van der Waals surface area contributed by atoms with Gasteiger partial charge in [-0.3, -0.25) is 0 Å². The smallest absolute Gasteiger partial charge is 0.339 e. The van der Waals surface area contributed by atoms with E-state index < -0.39 is 5.97 Å². The van der Waals surface area contributed by atoms with Gasteiger partial charge in [-0.05, 0) is 19.1 Å². The molecule has 2 aromatic heterocycles. The molecule has 0 spiro atoms. The van der Waals surface area contributed by atoms with Crippen molar-refractivity contribution in [1.29, 1.82) is 0 Å². The second-order valence-corrected chi connectivity index (χ2v) is 3.08. The highest BCUT2D eigenvalue weighted by molar-refractivity contribution is 5.88. The van der Waals surface area contributed by atoms with Crippen molar-refractivity contribution in [2.45, 2.75) is 6.92 Å². The Labute approximate surface area is 85.8 Å². The lowest BCUT2D eigenvalue weighted by Gasteiger charge is -2.01. The Morgan fingerprint density at radius 2 is 2.33 bits per heavy atom. The maximum atomic E-state index is 10.7. The second kappa shape index (κ2) is 3.53. The third-order valence-corrected chi connectivity index (χ3v) is 2.05. The number of aryl methyl sites for hydroxylation is 1. The highest BCUT2D eigenvalue weighted by Crippen LogP contribution is 2.13. The molecule has 0 unspecified atom stereocenters. The lowest BCUT2D eigenvalue weighted by molar-refractivity contribution is 0.0695. The molecule has 2 aromatic rings. The molecule has 0 aromatic carbocycles. The predicted molar refractivity (Wildman–Crippen MR) is 53.5 cm³/mol. The minimum atomic E-state index is -1.01. The Balaban J connectivity index is 2.47. The molecule has 0 bridgehead atoms. The van der Waals surface area contributed by atoms with E-state index in [1.54, 1.807) is 13.1 Å². The first-order valence-corrected chi connectivity index (χ1v) is 4.39. The van der Waals surface area contributed by atoms with Crippen LogP contribution in [-0.4, -0.2) is 26.0 Å². The van der Waals surface area contributed by atoms with Gasteiger partial charge in [0, 0.05) is 12.4 Å². The average molecular weight is 203 g/mol. The molecule has 0 aliphatic carbocycles. The molecule has 0 aliphatic rings. The summed E-state index contributed by atoms with van der Waals surface area (Å²) in [6.45, 7) is 1.65. The first-order chi connectivity index (χ1) is 7.18. The van der Waals surface area contributed by atoms with Crippen molar-refractivity contribution in [3.05, 3.63) is 35.8 Å². The van der Waals surface area contributed by atoms with Crippen LogP contribution in [0.5, 0.6) is 0 Å². The summed E-state index contributed by atoms with van der Waals surface area (Å²) in [5.41, 5.74) is 1.36. The van der Waals surface area contributed by atoms with Gasteiger partial charge in [0.05, 0.1) is 17.0 Å². The number of carboxylic acids is 1. The minimum Gasteiger partial charge on any atom is -0.478 e. The number of hydrogen-bond acceptors (Lipinski definition) is 3. The van der Waals surface area contributed by atoms with E-state index in [9.17, 15) is 4.79 Å². The number of carboxylic acid groups (broad SMARTS) is 1. The molecule has 2 N–H and O–H groups in total. The molecule has 0 saturated heterocycles. The molecular weight excluding hydrogens is 194 g/mol. The monoisotopic (exact) mass is 203 g/mol. The summed E-state index contributed by atoms with van der Waals surface area (Å²) in [5, 5.41) is 8.80. The zero-order chi connectivity index (χ0) is 10.8. The third kappa shape index (κ3) is 1.71. The van der Waals surface area contributed by atoms with E-state index in [2.05, 4.69) is 15.0 Å². The van der Waals surface area contributed by atoms with Crippen LogP contribution in [0.15, 0.2) is 24.5 Å². The van der Waals surface area contributed by atoms with Crippen molar-refractivity contribution >= 4 is 5.97 Å². The number of H-pyrrole nitrogens is 1. The minimum absolute atomic E-state index is 0.130. The number of nitrogens with one attached hydrogen (secondary N) is 1. The summed E-state index contributed by atoms with van der Waals surface area (Å²) < 4.78 is 0. The molecule has 0 amide bonds. The van der Waals surface area contributed by atoms with Gasteiger partial charge >= 0.3 is 5.97 Å². The molecule has 0 radical (unpaired) electrons. The van der Waals surface area contributed by atoms with Gasteiger partial charge < -0.3 is 10.1 Å². The number of rotatable bonds is 2. The van der Waals surface area contributed by atoms with Crippen LogP contribution in [0.3, 0.4) is 0 Å². The second-order valence-electron chi connectivity index (χ2n) is 3.08. The molecule has 5 nitrogen and oxygen atoms in total. The Bertz CT molecular complexity index is 491. The quantitative estimate of drug-likeness (QED) is 0.774. The van der Waals surface area contributed by atoms with Crippen molar-refractivity contribution in [3.8, 4) is 11.5 Å². The van der Waals surface area contributed by atoms with Crippen molar-refractivity contribution in [2.75, 3.05) is 0 Å². The van der Waals surface area contributed by atoms with Crippen LogP contribution in [-0.2, 0) is 0 Å². The summed E-state index contributed by atoms with van der Waals surface area (Å²) in [6.07, 6.45) is 3.08. The normalized spacial score (nSPS) is 10.2. The van der Waals surface area contributed by atoms with Crippen LogP contribution in [0.1, 0.15) is 16.1 Å². The number of carbonyl (C=O) groups is 1.